The Balaban J connectivity index is 2.60. The summed E-state index contributed by atoms with van der Waals surface area (Å²) in [4.78, 5) is 23.3. The lowest BCUT2D eigenvalue weighted by atomic mass is 10.0. The molecule has 0 unspecified atom stereocenters. The van der Waals surface area contributed by atoms with Gasteiger partial charge in [0, 0.05) is 0 Å². The van der Waals surface area contributed by atoms with Crippen LogP contribution < -0.4 is 16.8 Å². The van der Waals surface area contributed by atoms with Gasteiger partial charge in [0.1, 0.15) is 11.8 Å². The van der Waals surface area contributed by atoms with Gasteiger partial charge in [-0.3, -0.25) is 9.59 Å². The molecule has 0 aromatic heterocycles. The van der Waals surface area contributed by atoms with E-state index in [2.05, 4.69) is 5.32 Å². The minimum Gasteiger partial charge on any atom is -0.508 e. The smallest absolute Gasteiger partial charge is 0.240 e. The molecule has 6 N–H and O–H groups in total. The molecule has 1 aromatic rings. The van der Waals surface area contributed by atoms with E-state index in [1.807, 2.05) is 13.8 Å². The first kappa shape index (κ1) is 17.0. The number of hydrogen-bond donors (Lipinski definition) is 4. The second-order valence-electron chi connectivity index (χ2n) is 5.57. The standard InChI is InChI=1S/C15H23N3O3/c1-9(2)7-13(14(17)20)18-15(21)12(16)8-10-3-5-11(19)6-4-10/h3-6,9,12-13,19H,7-8,16H2,1-2H3,(H2,17,20)(H,18,21)/t12-,13-/m0/s1. The van der Waals surface area contributed by atoms with Gasteiger partial charge >= 0.3 is 0 Å². The van der Waals surface area contributed by atoms with Crippen LogP contribution in [0, 0.1) is 5.92 Å². The zero-order chi connectivity index (χ0) is 16.0. The summed E-state index contributed by atoms with van der Waals surface area (Å²) in [5.74, 6) is -0.583. The number of benzene rings is 1. The Kier molecular flexibility index (Phi) is 6.17. The summed E-state index contributed by atoms with van der Waals surface area (Å²) in [6.07, 6.45) is 0.798. The predicted molar refractivity (Wildman–Crippen MR) is 80.4 cm³/mol. The van der Waals surface area contributed by atoms with Crippen LogP contribution in [0.4, 0.5) is 0 Å². The van der Waals surface area contributed by atoms with E-state index in [9.17, 15) is 14.7 Å². The highest BCUT2D eigenvalue weighted by atomic mass is 16.3. The second kappa shape index (κ2) is 7.64. The third kappa shape index (κ3) is 5.83. The molecule has 1 aromatic carbocycles. The number of nitrogens with one attached hydrogen (secondary N) is 1. The van der Waals surface area contributed by atoms with E-state index in [1.54, 1.807) is 12.1 Å². The quantitative estimate of drug-likeness (QED) is 0.577. The van der Waals surface area contributed by atoms with Crippen molar-refractivity contribution in [2.45, 2.75) is 38.8 Å². The zero-order valence-electron chi connectivity index (χ0n) is 12.4. The molecule has 0 aliphatic heterocycles. The van der Waals surface area contributed by atoms with E-state index in [1.165, 1.54) is 12.1 Å². The minimum atomic E-state index is -0.774. The maximum atomic E-state index is 12.0. The molecule has 6 nitrogen and oxygen atoms in total. The molecule has 2 amide bonds. The first-order valence-electron chi connectivity index (χ1n) is 6.92. The Morgan fingerprint density at radius 3 is 2.29 bits per heavy atom. The topological polar surface area (TPSA) is 118 Å². The lowest BCUT2D eigenvalue weighted by molar-refractivity contribution is -0.128. The molecule has 0 fully saturated rings. The Hall–Kier alpha value is -2.08. The van der Waals surface area contributed by atoms with Gasteiger partial charge in [0.2, 0.25) is 11.8 Å². The number of amides is 2. The fourth-order valence-corrected chi connectivity index (χ4v) is 1.98. The van der Waals surface area contributed by atoms with Crippen molar-refractivity contribution < 1.29 is 14.7 Å². The molecular formula is C15H23N3O3. The van der Waals surface area contributed by atoms with Crippen LogP contribution in [0.3, 0.4) is 0 Å². The highest BCUT2D eigenvalue weighted by Crippen LogP contribution is 2.11. The molecule has 116 valence electrons. The van der Waals surface area contributed by atoms with Crippen molar-refractivity contribution in [2.75, 3.05) is 0 Å². The number of phenolic OH excluding ortho intramolecular Hbond substituents is 1. The number of nitrogens with two attached hydrogens (primary N) is 2. The van der Waals surface area contributed by atoms with Crippen molar-refractivity contribution in [3.8, 4) is 5.75 Å². The van der Waals surface area contributed by atoms with E-state index in [0.717, 1.165) is 5.56 Å². The maximum absolute atomic E-state index is 12.0. The number of primary amides is 1. The third-order valence-electron chi connectivity index (χ3n) is 3.10. The molecule has 1 rings (SSSR count). The fourth-order valence-electron chi connectivity index (χ4n) is 1.98. The number of rotatable bonds is 7. The Bertz CT molecular complexity index is 485. The van der Waals surface area contributed by atoms with Gasteiger partial charge in [-0.1, -0.05) is 26.0 Å². The molecule has 0 spiro atoms. The lowest BCUT2D eigenvalue weighted by Gasteiger charge is -2.20. The van der Waals surface area contributed by atoms with Gasteiger partial charge in [-0.15, -0.1) is 0 Å². The van der Waals surface area contributed by atoms with Crippen LogP contribution in [0.15, 0.2) is 24.3 Å². The summed E-state index contributed by atoms with van der Waals surface area (Å²) in [7, 11) is 0. The van der Waals surface area contributed by atoms with Gasteiger partial charge < -0.3 is 21.9 Å². The summed E-state index contributed by atoms with van der Waals surface area (Å²) in [5.41, 5.74) is 11.9. The average Bonchev–Trinajstić information content (AvgIpc) is 2.39. The van der Waals surface area contributed by atoms with E-state index in [-0.39, 0.29) is 11.7 Å². The Labute approximate surface area is 124 Å². The monoisotopic (exact) mass is 293 g/mol. The highest BCUT2D eigenvalue weighted by Gasteiger charge is 2.22. The lowest BCUT2D eigenvalue weighted by Crippen LogP contribution is -2.51. The maximum Gasteiger partial charge on any atom is 0.240 e. The first-order valence-corrected chi connectivity index (χ1v) is 6.92. The van der Waals surface area contributed by atoms with Crippen LogP contribution in [0.2, 0.25) is 0 Å². The number of carbonyl (C=O) groups is 2. The molecule has 0 radical (unpaired) electrons. The van der Waals surface area contributed by atoms with Crippen LogP contribution in [-0.2, 0) is 16.0 Å². The second-order valence-corrected chi connectivity index (χ2v) is 5.57. The number of aromatic hydroxyl groups is 1. The van der Waals surface area contributed by atoms with Crippen LogP contribution in [0.25, 0.3) is 0 Å². The van der Waals surface area contributed by atoms with Gasteiger partial charge in [-0.05, 0) is 36.5 Å². The van der Waals surface area contributed by atoms with Gasteiger partial charge in [0.05, 0.1) is 6.04 Å². The third-order valence-corrected chi connectivity index (χ3v) is 3.10. The zero-order valence-corrected chi connectivity index (χ0v) is 12.4. The van der Waals surface area contributed by atoms with E-state index in [0.29, 0.717) is 12.8 Å². The number of phenols is 1. The fraction of sp³-hybridized carbons (Fsp3) is 0.467. The van der Waals surface area contributed by atoms with Crippen molar-refractivity contribution in [1.29, 1.82) is 0 Å². The molecule has 0 bridgehead atoms. The molecule has 0 saturated carbocycles. The summed E-state index contributed by atoms with van der Waals surface area (Å²) < 4.78 is 0. The summed E-state index contributed by atoms with van der Waals surface area (Å²) in [6, 6.07) is 4.98. The van der Waals surface area contributed by atoms with Crippen LogP contribution >= 0.6 is 0 Å². The molecule has 2 atom stereocenters. The predicted octanol–water partition coefficient (Wildman–Crippen LogP) is 0.278. The first-order chi connectivity index (χ1) is 9.79. The van der Waals surface area contributed by atoms with Crippen LogP contribution in [0.5, 0.6) is 5.75 Å². The molecule has 0 heterocycles. The van der Waals surface area contributed by atoms with E-state index >= 15 is 0 Å². The van der Waals surface area contributed by atoms with Crippen molar-refractivity contribution >= 4 is 11.8 Å². The van der Waals surface area contributed by atoms with Crippen molar-refractivity contribution in [1.82, 2.24) is 5.32 Å². The Morgan fingerprint density at radius 1 is 1.24 bits per heavy atom. The van der Waals surface area contributed by atoms with Gasteiger partial charge in [-0.2, -0.15) is 0 Å². The van der Waals surface area contributed by atoms with Crippen molar-refractivity contribution in [3.05, 3.63) is 29.8 Å². The SMILES string of the molecule is CC(C)C[C@H](NC(=O)[C@@H](N)Cc1ccc(O)cc1)C(N)=O. The molecule has 0 aliphatic rings. The highest BCUT2D eigenvalue weighted by molar-refractivity contribution is 5.89. The number of hydrogen-bond acceptors (Lipinski definition) is 4. The van der Waals surface area contributed by atoms with Crippen LogP contribution in [0.1, 0.15) is 25.8 Å². The van der Waals surface area contributed by atoms with Crippen molar-refractivity contribution in [2.24, 2.45) is 17.4 Å². The van der Waals surface area contributed by atoms with Gasteiger partial charge in [0.15, 0.2) is 0 Å². The van der Waals surface area contributed by atoms with Crippen LogP contribution in [-0.4, -0.2) is 29.0 Å². The average molecular weight is 293 g/mol. The molecule has 0 saturated heterocycles. The summed E-state index contributed by atoms with van der Waals surface area (Å²) in [6.45, 7) is 3.89. The molecule has 21 heavy (non-hydrogen) atoms. The van der Waals surface area contributed by atoms with E-state index < -0.39 is 23.9 Å². The van der Waals surface area contributed by atoms with Crippen molar-refractivity contribution in [3.63, 3.8) is 0 Å². The summed E-state index contributed by atoms with van der Waals surface area (Å²) in [5, 5.41) is 11.8. The molecule has 0 aliphatic carbocycles. The largest absolute Gasteiger partial charge is 0.508 e. The normalized spacial score (nSPS) is 13.7. The minimum absolute atomic E-state index is 0.155. The Morgan fingerprint density at radius 2 is 1.81 bits per heavy atom. The summed E-state index contributed by atoms with van der Waals surface area (Å²) >= 11 is 0. The van der Waals surface area contributed by atoms with Gasteiger partial charge in [0.25, 0.3) is 0 Å². The number of carbonyl (C=O) groups excluding carboxylic acids is 2. The molecule has 6 heteroatoms. The molecular weight excluding hydrogens is 270 g/mol. The van der Waals surface area contributed by atoms with E-state index in [4.69, 9.17) is 11.5 Å². The van der Waals surface area contributed by atoms with Gasteiger partial charge in [-0.25, -0.2) is 0 Å².